The molecule has 14 heavy (non-hydrogen) atoms. The lowest BCUT2D eigenvalue weighted by Crippen LogP contribution is -2.44. The van der Waals surface area contributed by atoms with E-state index in [1.54, 1.807) is 6.07 Å². The maximum Gasteiger partial charge on any atom is 0.186 e. The molecule has 1 aromatic heterocycles. The van der Waals surface area contributed by atoms with Gasteiger partial charge in [0.25, 0.3) is 0 Å². The highest BCUT2D eigenvalue weighted by Crippen LogP contribution is 2.07. The van der Waals surface area contributed by atoms with Gasteiger partial charge in [-0.05, 0) is 6.92 Å². The average molecular weight is 193 g/mol. The summed E-state index contributed by atoms with van der Waals surface area (Å²) < 4.78 is 0. The second-order valence-corrected chi connectivity index (χ2v) is 3.65. The summed E-state index contributed by atoms with van der Waals surface area (Å²) in [6.45, 7) is 4.60. The van der Waals surface area contributed by atoms with Crippen LogP contribution in [0.25, 0.3) is 0 Å². The summed E-state index contributed by atoms with van der Waals surface area (Å²) >= 11 is 0. The molecule has 1 atom stereocenters. The molecule has 0 saturated carbocycles. The smallest absolute Gasteiger partial charge is 0.186 e. The van der Waals surface area contributed by atoms with Crippen LogP contribution < -0.4 is 16.1 Å². The quantitative estimate of drug-likeness (QED) is 0.584. The van der Waals surface area contributed by atoms with Crippen LogP contribution in [-0.2, 0) is 0 Å². The summed E-state index contributed by atoms with van der Waals surface area (Å²) in [6, 6.07) is 1.79. The van der Waals surface area contributed by atoms with Crippen LogP contribution in [0.4, 0.5) is 0 Å². The Kier molecular flexibility index (Phi) is 2.65. The van der Waals surface area contributed by atoms with Crippen molar-refractivity contribution in [1.82, 2.24) is 15.6 Å². The van der Waals surface area contributed by atoms with Crippen LogP contribution in [-0.4, -0.2) is 24.6 Å². The highest BCUT2D eigenvalue weighted by Gasteiger charge is 2.16. The summed E-state index contributed by atoms with van der Waals surface area (Å²) in [7, 11) is 0. The van der Waals surface area contributed by atoms with Gasteiger partial charge in [-0.25, -0.2) is 0 Å². The first kappa shape index (κ1) is 9.43. The molecule has 2 heterocycles. The number of aromatic amines is 1. The van der Waals surface area contributed by atoms with Gasteiger partial charge in [0.1, 0.15) is 0 Å². The molecular formula is C10H15N3O. The van der Waals surface area contributed by atoms with Gasteiger partial charge in [-0.15, -0.1) is 0 Å². The molecule has 1 aromatic rings. The molecule has 3 N–H and O–H groups in total. The van der Waals surface area contributed by atoms with Gasteiger partial charge >= 0.3 is 0 Å². The van der Waals surface area contributed by atoms with E-state index in [1.165, 1.54) is 0 Å². The van der Waals surface area contributed by atoms with Crippen molar-refractivity contribution >= 4 is 0 Å². The van der Waals surface area contributed by atoms with Crippen molar-refractivity contribution < 1.29 is 0 Å². The number of aromatic nitrogens is 1. The van der Waals surface area contributed by atoms with Gasteiger partial charge < -0.3 is 15.6 Å². The molecule has 1 saturated heterocycles. The third kappa shape index (κ3) is 1.86. The van der Waals surface area contributed by atoms with Crippen molar-refractivity contribution in [2.75, 3.05) is 19.6 Å². The fourth-order valence-electron chi connectivity index (χ4n) is 1.73. The number of rotatable bonds is 1. The zero-order valence-corrected chi connectivity index (χ0v) is 8.26. The molecule has 2 rings (SSSR count). The van der Waals surface area contributed by atoms with Gasteiger partial charge in [0, 0.05) is 43.2 Å². The Balaban J connectivity index is 2.26. The van der Waals surface area contributed by atoms with E-state index in [2.05, 4.69) is 15.6 Å². The van der Waals surface area contributed by atoms with E-state index >= 15 is 0 Å². The van der Waals surface area contributed by atoms with E-state index in [0.717, 1.165) is 30.9 Å². The summed E-state index contributed by atoms with van der Waals surface area (Å²) in [5.74, 6) is 0. The molecule has 0 aliphatic carbocycles. The van der Waals surface area contributed by atoms with Gasteiger partial charge in [0.2, 0.25) is 0 Å². The van der Waals surface area contributed by atoms with Crippen molar-refractivity contribution in [1.29, 1.82) is 0 Å². The Labute approximate surface area is 82.7 Å². The van der Waals surface area contributed by atoms with Crippen LogP contribution in [0.2, 0.25) is 0 Å². The molecule has 4 nitrogen and oxygen atoms in total. The molecule has 0 radical (unpaired) electrons. The molecule has 1 aliphatic rings. The summed E-state index contributed by atoms with van der Waals surface area (Å²) in [5, 5.41) is 6.57. The topological polar surface area (TPSA) is 56.9 Å². The minimum Gasteiger partial charge on any atom is -0.365 e. The first-order valence-corrected chi connectivity index (χ1v) is 4.91. The Bertz CT molecular complexity index is 366. The number of pyridine rings is 1. The molecule has 0 bridgehead atoms. The fraction of sp³-hybridized carbons (Fsp3) is 0.500. The van der Waals surface area contributed by atoms with E-state index < -0.39 is 0 Å². The van der Waals surface area contributed by atoms with Crippen molar-refractivity contribution in [3.8, 4) is 0 Å². The van der Waals surface area contributed by atoms with Crippen LogP contribution in [0.5, 0.6) is 0 Å². The van der Waals surface area contributed by atoms with Gasteiger partial charge in [-0.2, -0.15) is 0 Å². The van der Waals surface area contributed by atoms with E-state index in [4.69, 9.17) is 0 Å². The lowest BCUT2D eigenvalue weighted by atomic mass is 10.1. The van der Waals surface area contributed by atoms with Gasteiger partial charge in [-0.3, -0.25) is 4.79 Å². The third-order valence-electron chi connectivity index (χ3n) is 2.50. The highest BCUT2D eigenvalue weighted by molar-refractivity contribution is 5.18. The monoisotopic (exact) mass is 193 g/mol. The zero-order valence-electron chi connectivity index (χ0n) is 8.26. The van der Waals surface area contributed by atoms with Crippen LogP contribution in [0.3, 0.4) is 0 Å². The predicted molar refractivity (Wildman–Crippen MR) is 55.4 cm³/mol. The molecule has 1 aliphatic heterocycles. The summed E-state index contributed by atoms with van der Waals surface area (Å²) in [5.41, 5.74) is 1.84. The molecule has 1 unspecified atom stereocenters. The van der Waals surface area contributed by atoms with Crippen LogP contribution in [0.15, 0.2) is 17.1 Å². The second kappa shape index (κ2) is 3.94. The molecular weight excluding hydrogens is 178 g/mol. The number of H-pyrrole nitrogens is 1. The Hall–Kier alpha value is -1.13. The van der Waals surface area contributed by atoms with Gasteiger partial charge in [0.05, 0.1) is 6.04 Å². The second-order valence-electron chi connectivity index (χ2n) is 3.65. The predicted octanol–water partition coefficient (Wildman–Crippen LogP) is -0.0828. The normalized spacial score (nSPS) is 22.2. The average Bonchev–Trinajstić information content (AvgIpc) is 2.19. The number of piperazine rings is 1. The van der Waals surface area contributed by atoms with Gasteiger partial charge in [0.15, 0.2) is 5.43 Å². The molecule has 0 amide bonds. The zero-order chi connectivity index (χ0) is 9.97. The minimum absolute atomic E-state index is 0.113. The largest absolute Gasteiger partial charge is 0.365 e. The van der Waals surface area contributed by atoms with Crippen molar-refractivity contribution in [2.24, 2.45) is 0 Å². The van der Waals surface area contributed by atoms with E-state index in [1.807, 2.05) is 13.1 Å². The van der Waals surface area contributed by atoms with Crippen LogP contribution >= 0.6 is 0 Å². The first-order chi connectivity index (χ1) is 6.77. The van der Waals surface area contributed by atoms with Crippen LogP contribution in [0.1, 0.15) is 17.3 Å². The van der Waals surface area contributed by atoms with Crippen LogP contribution in [0, 0.1) is 6.92 Å². The Morgan fingerprint density at radius 2 is 2.29 bits per heavy atom. The van der Waals surface area contributed by atoms with E-state index in [0.29, 0.717) is 0 Å². The maximum atomic E-state index is 11.7. The van der Waals surface area contributed by atoms with E-state index in [9.17, 15) is 4.79 Å². The number of nitrogens with one attached hydrogen (secondary N) is 3. The lowest BCUT2D eigenvalue weighted by Gasteiger charge is -2.24. The standard InChI is InChI=1S/C10H15N3O/c1-7-4-10(14)8(5-13-7)9-6-11-2-3-12-9/h4-5,9,11-12H,2-3,6H2,1H3,(H,13,14). The van der Waals surface area contributed by atoms with Crippen molar-refractivity contribution in [3.63, 3.8) is 0 Å². The SMILES string of the molecule is Cc1cc(=O)c(C2CNCCN2)c[nH]1. The third-order valence-corrected chi connectivity index (χ3v) is 2.50. The van der Waals surface area contributed by atoms with Gasteiger partial charge in [-0.1, -0.05) is 0 Å². The lowest BCUT2D eigenvalue weighted by molar-refractivity contribution is 0.428. The summed E-state index contributed by atoms with van der Waals surface area (Å²) in [4.78, 5) is 14.7. The molecule has 0 aromatic carbocycles. The highest BCUT2D eigenvalue weighted by atomic mass is 16.1. The van der Waals surface area contributed by atoms with Crippen molar-refractivity contribution in [2.45, 2.75) is 13.0 Å². The van der Waals surface area contributed by atoms with E-state index in [-0.39, 0.29) is 11.5 Å². The van der Waals surface area contributed by atoms with Crippen molar-refractivity contribution in [3.05, 3.63) is 33.7 Å². The molecule has 1 fully saturated rings. The number of hydrogen-bond donors (Lipinski definition) is 3. The number of hydrogen-bond acceptors (Lipinski definition) is 3. The Morgan fingerprint density at radius 3 is 2.93 bits per heavy atom. The molecule has 4 heteroatoms. The maximum absolute atomic E-state index is 11.7. The first-order valence-electron chi connectivity index (χ1n) is 4.91. The summed E-state index contributed by atoms with van der Waals surface area (Å²) in [6.07, 6.45) is 1.81. The number of aryl methyl sites for hydroxylation is 1. The molecule has 76 valence electrons. The minimum atomic E-state index is 0.113. The fourth-order valence-corrected chi connectivity index (χ4v) is 1.73. The molecule has 0 spiro atoms. The Morgan fingerprint density at radius 1 is 1.43 bits per heavy atom.